The predicted octanol–water partition coefficient (Wildman–Crippen LogP) is 2.48. The van der Waals surface area contributed by atoms with E-state index in [1.54, 1.807) is 7.11 Å². The van der Waals surface area contributed by atoms with E-state index in [0.717, 1.165) is 23.1 Å². The van der Waals surface area contributed by atoms with Crippen LogP contribution in [0.15, 0.2) is 30.5 Å². The zero-order valence-electron chi connectivity index (χ0n) is 9.69. The molecule has 1 heterocycles. The molecule has 84 valence electrons. The molecule has 2 rings (SSSR count). The van der Waals surface area contributed by atoms with Crippen molar-refractivity contribution in [2.75, 3.05) is 12.4 Å². The summed E-state index contributed by atoms with van der Waals surface area (Å²) < 4.78 is 7.11. The lowest BCUT2D eigenvalue weighted by molar-refractivity contribution is 0.415. The van der Waals surface area contributed by atoms with E-state index in [-0.39, 0.29) is 0 Å². The van der Waals surface area contributed by atoms with Crippen molar-refractivity contribution in [1.82, 2.24) is 9.55 Å². The maximum Gasteiger partial charge on any atom is 0.207 e. The minimum atomic E-state index is 0.825. The van der Waals surface area contributed by atoms with Crippen LogP contribution in [0, 0.1) is 6.92 Å². The van der Waals surface area contributed by atoms with Crippen molar-refractivity contribution in [3.05, 3.63) is 36.2 Å². The Balaban J connectivity index is 2.23. The number of aromatic nitrogens is 2. The highest BCUT2D eigenvalue weighted by Gasteiger charge is 2.02. The lowest BCUT2D eigenvalue weighted by Crippen LogP contribution is -1.98. The molecule has 0 amide bonds. The number of benzene rings is 1. The third-order valence-corrected chi connectivity index (χ3v) is 2.32. The average Bonchev–Trinajstić information content (AvgIpc) is 2.58. The molecule has 0 aliphatic carbocycles. The van der Waals surface area contributed by atoms with Gasteiger partial charge in [-0.1, -0.05) is 6.07 Å². The van der Waals surface area contributed by atoms with E-state index < -0.39 is 0 Å². The van der Waals surface area contributed by atoms with Crippen LogP contribution in [0.25, 0.3) is 0 Å². The van der Waals surface area contributed by atoms with Crippen LogP contribution >= 0.6 is 0 Å². The molecule has 0 spiro atoms. The number of hydrogen-bond donors (Lipinski definition) is 1. The van der Waals surface area contributed by atoms with Gasteiger partial charge in [0.05, 0.1) is 12.8 Å². The summed E-state index contributed by atoms with van der Waals surface area (Å²) in [6.07, 6.45) is 1.97. The van der Waals surface area contributed by atoms with Crippen molar-refractivity contribution < 1.29 is 4.74 Å². The van der Waals surface area contributed by atoms with Crippen LogP contribution in [0.5, 0.6) is 5.75 Å². The molecule has 0 saturated heterocycles. The van der Waals surface area contributed by atoms with Gasteiger partial charge >= 0.3 is 0 Å². The largest absolute Gasteiger partial charge is 0.497 e. The monoisotopic (exact) mass is 217 g/mol. The number of ether oxygens (including phenoxy) is 1. The van der Waals surface area contributed by atoms with Gasteiger partial charge in [-0.25, -0.2) is 4.98 Å². The third kappa shape index (κ3) is 2.16. The number of nitrogens with one attached hydrogen (secondary N) is 1. The molecule has 4 nitrogen and oxygen atoms in total. The van der Waals surface area contributed by atoms with Gasteiger partial charge in [0.2, 0.25) is 5.95 Å². The topological polar surface area (TPSA) is 39.1 Å². The Hall–Kier alpha value is -1.97. The minimum absolute atomic E-state index is 0.825. The molecule has 2 aromatic rings. The molecule has 1 aromatic heterocycles. The van der Waals surface area contributed by atoms with Crippen LogP contribution in [0.2, 0.25) is 0 Å². The number of methoxy groups -OCH3 is 1. The first-order valence-corrected chi connectivity index (χ1v) is 5.10. The molecule has 1 N–H and O–H groups in total. The molecule has 1 aromatic carbocycles. The second-order valence-electron chi connectivity index (χ2n) is 3.67. The molecular formula is C12H15N3O. The van der Waals surface area contributed by atoms with Gasteiger partial charge in [0, 0.05) is 25.0 Å². The molecule has 0 unspecified atom stereocenters. The van der Waals surface area contributed by atoms with Crippen LogP contribution in [-0.4, -0.2) is 16.7 Å². The summed E-state index contributed by atoms with van der Waals surface area (Å²) in [5.41, 5.74) is 1.96. The lowest BCUT2D eigenvalue weighted by atomic mass is 10.3. The van der Waals surface area contributed by atoms with E-state index in [1.807, 2.05) is 49.0 Å². The Bertz CT molecular complexity index is 491. The standard InChI is InChI=1S/C12H15N3O/c1-9-8-15(2)12(13-9)14-10-5-4-6-11(7-10)16-3/h4-8H,1-3H3,(H,13,14). The fourth-order valence-electron chi connectivity index (χ4n) is 1.56. The highest BCUT2D eigenvalue weighted by Crippen LogP contribution is 2.20. The maximum atomic E-state index is 5.16. The first-order valence-electron chi connectivity index (χ1n) is 5.10. The molecule has 0 saturated carbocycles. The summed E-state index contributed by atoms with van der Waals surface area (Å²) in [4.78, 5) is 4.37. The summed E-state index contributed by atoms with van der Waals surface area (Å²) in [5, 5.41) is 3.24. The predicted molar refractivity (Wildman–Crippen MR) is 64.2 cm³/mol. The van der Waals surface area contributed by atoms with E-state index in [9.17, 15) is 0 Å². The summed E-state index contributed by atoms with van der Waals surface area (Å²) in [7, 11) is 3.62. The summed E-state index contributed by atoms with van der Waals surface area (Å²) >= 11 is 0. The number of rotatable bonds is 3. The van der Waals surface area contributed by atoms with Crippen LogP contribution in [0.3, 0.4) is 0 Å². The first kappa shape index (κ1) is 10.5. The Morgan fingerprint density at radius 3 is 2.81 bits per heavy atom. The average molecular weight is 217 g/mol. The SMILES string of the molecule is COc1cccc(Nc2nc(C)cn2C)c1. The van der Waals surface area contributed by atoms with E-state index in [2.05, 4.69) is 10.3 Å². The van der Waals surface area contributed by atoms with E-state index in [4.69, 9.17) is 4.74 Å². The highest BCUT2D eigenvalue weighted by molar-refractivity contribution is 5.56. The maximum absolute atomic E-state index is 5.16. The Kier molecular flexibility index (Phi) is 2.81. The van der Waals surface area contributed by atoms with Crippen molar-refractivity contribution in [2.45, 2.75) is 6.92 Å². The van der Waals surface area contributed by atoms with Gasteiger partial charge in [0.1, 0.15) is 5.75 Å². The molecule has 0 aliphatic heterocycles. The number of anilines is 2. The minimum Gasteiger partial charge on any atom is -0.497 e. The van der Waals surface area contributed by atoms with Crippen LogP contribution in [-0.2, 0) is 7.05 Å². The molecule has 0 aliphatic rings. The Morgan fingerprint density at radius 2 is 2.19 bits per heavy atom. The van der Waals surface area contributed by atoms with Gasteiger partial charge in [-0.2, -0.15) is 0 Å². The van der Waals surface area contributed by atoms with Gasteiger partial charge < -0.3 is 14.6 Å². The fourth-order valence-corrected chi connectivity index (χ4v) is 1.56. The number of nitrogens with zero attached hydrogens (tertiary/aromatic N) is 2. The van der Waals surface area contributed by atoms with Crippen molar-refractivity contribution in [3.8, 4) is 5.75 Å². The van der Waals surface area contributed by atoms with Crippen LogP contribution in [0.1, 0.15) is 5.69 Å². The van der Waals surface area contributed by atoms with E-state index >= 15 is 0 Å². The van der Waals surface area contributed by atoms with Crippen molar-refractivity contribution in [2.24, 2.45) is 7.05 Å². The fraction of sp³-hybridized carbons (Fsp3) is 0.250. The van der Waals surface area contributed by atoms with Gasteiger partial charge in [-0.05, 0) is 19.1 Å². The molecule has 0 bridgehead atoms. The smallest absolute Gasteiger partial charge is 0.207 e. The molecule has 0 fully saturated rings. The van der Waals surface area contributed by atoms with Crippen molar-refractivity contribution in [1.29, 1.82) is 0 Å². The lowest BCUT2D eigenvalue weighted by Gasteiger charge is -2.07. The number of aryl methyl sites for hydroxylation is 2. The summed E-state index contributed by atoms with van der Waals surface area (Å²) in [6.45, 7) is 1.97. The normalized spacial score (nSPS) is 10.2. The number of imidazole rings is 1. The Labute approximate surface area is 94.9 Å². The Morgan fingerprint density at radius 1 is 1.38 bits per heavy atom. The van der Waals surface area contributed by atoms with Gasteiger partial charge in [0.15, 0.2) is 0 Å². The van der Waals surface area contributed by atoms with E-state index in [0.29, 0.717) is 0 Å². The van der Waals surface area contributed by atoms with Crippen molar-refractivity contribution >= 4 is 11.6 Å². The molecule has 4 heteroatoms. The molecule has 0 radical (unpaired) electrons. The van der Waals surface area contributed by atoms with Crippen LogP contribution in [0.4, 0.5) is 11.6 Å². The van der Waals surface area contributed by atoms with Gasteiger partial charge in [-0.3, -0.25) is 0 Å². The molecule has 16 heavy (non-hydrogen) atoms. The van der Waals surface area contributed by atoms with E-state index in [1.165, 1.54) is 0 Å². The number of hydrogen-bond acceptors (Lipinski definition) is 3. The quantitative estimate of drug-likeness (QED) is 0.858. The summed E-state index contributed by atoms with van der Waals surface area (Å²) in [5.74, 6) is 1.65. The summed E-state index contributed by atoms with van der Waals surface area (Å²) in [6, 6.07) is 7.77. The van der Waals surface area contributed by atoms with Gasteiger partial charge in [0.25, 0.3) is 0 Å². The zero-order chi connectivity index (χ0) is 11.5. The van der Waals surface area contributed by atoms with Crippen LogP contribution < -0.4 is 10.1 Å². The highest BCUT2D eigenvalue weighted by atomic mass is 16.5. The van der Waals surface area contributed by atoms with Gasteiger partial charge in [-0.15, -0.1) is 0 Å². The third-order valence-electron chi connectivity index (χ3n) is 2.32. The molecule has 0 atom stereocenters. The second-order valence-corrected chi connectivity index (χ2v) is 3.67. The van der Waals surface area contributed by atoms with Crippen molar-refractivity contribution in [3.63, 3.8) is 0 Å². The second kappa shape index (κ2) is 4.26. The zero-order valence-corrected chi connectivity index (χ0v) is 9.69. The molecular weight excluding hydrogens is 202 g/mol. The first-order chi connectivity index (χ1) is 7.69.